The van der Waals surface area contributed by atoms with Gasteiger partial charge in [-0.3, -0.25) is 24.2 Å². The first-order valence-electron chi connectivity index (χ1n) is 11.6. The summed E-state index contributed by atoms with van der Waals surface area (Å²) in [6.45, 7) is 2.21. The third-order valence-electron chi connectivity index (χ3n) is 5.57. The van der Waals surface area contributed by atoms with E-state index in [0.29, 0.717) is 33.3 Å². The fourth-order valence-electron chi connectivity index (χ4n) is 3.93. The molecule has 3 atom stereocenters. The number of para-hydroxylation sites is 1. The summed E-state index contributed by atoms with van der Waals surface area (Å²) in [6, 6.07) is 13.9. The number of nitrogens with zero attached hydrogens (tertiary/aromatic N) is 1. The van der Waals surface area contributed by atoms with Crippen LogP contribution in [0.4, 0.5) is 5.69 Å². The molecule has 0 aliphatic carbocycles. The summed E-state index contributed by atoms with van der Waals surface area (Å²) in [7, 11) is 0. The molecule has 196 valence electrons. The number of Topliss-reactive ketones (excluding diaryl/α,β-unsaturated/α-hetero) is 1. The van der Waals surface area contributed by atoms with Crippen LogP contribution in [-0.4, -0.2) is 40.8 Å². The van der Waals surface area contributed by atoms with E-state index in [-0.39, 0.29) is 6.54 Å². The normalized spacial score (nSPS) is 15.2. The first-order valence-corrected chi connectivity index (χ1v) is 12.0. The van der Waals surface area contributed by atoms with Crippen LogP contribution in [0, 0.1) is 0 Å². The highest BCUT2D eigenvalue weighted by Gasteiger charge is 2.44. The van der Waals surface area contributed by atoms with Gasteiger partial charge in [0.05, 0.1) is 5.69 Å². The highest BCUT2D eigenvalue weighted by atomic mass is 35.5. The molecule has 0 saturated carbocycles. The van der Waals surface area contributed by atoms with Gasteiger partial charge in [-0.2, -0.15) is 0 Å². The van der Waals surface area contributed by atoms with Crippen molar-refractivity contribution in [1.82, 2.24) is 10.3 Å². The molecule has 2 heterocycles. The lowest BCUT2D eigenvalue weighted by Crippen LogP contribution is -2.51. The number of aromatic nitrogens is 1. The number of hydrogen-bond acceptors (Lipinski definition) is 9. The number of ketones is 1. The zero-order valence-corrected chi connectivity index (χ0v) is 21.2. The maximum absolute atomic E-state index is 14.0. The van der Waals surface area contributed by atoms with E-state index >= 15 is 0 Å². The monoisotopic (exact) mass is 537 g/mol. The Morgan fingerprint density at radius 3 is 2.45 bits per heavy atom. The van der Waals surface area contributed by atoms with Gasteiger partial charge in [0.1, 0.15) is 11.8 Å². The van der Waals surface area contributed by atoms with Crippen molar-refractivity contribution in [1.29, 1.82) is 0 Å². The van der Waals surface area contributed by atoms with Crippen LogP contribution >= 0.6 is 11.6 Å². The Bertz CT molecular complexity index is 1370. The third-order valence-corrected chi connectivity index (χ3v) is 5.80. The second-order valence-corrected chi connectivity index (χ2v) is 8.84. The molecule has 0 radical (unpaired) electrons. The number of hydrogen-bond donors (Lipinski definition) is 2. The maximum atomic E-state index is 14.0. The van der Waals surface area contributed by atoms with Crippen molar-refractivity contribution in [3.63, 3.8) is 0 Å². The lowest BCUT2D eigenvalue weighted by atomic mass is 9.95. The smallest absolute Gasteiger partial charge is 0.303 e. The Balaban J connectivity index is 1.70. The average Bonchev–Trinajstić information content (AvgIpc) is 3.05. The van der Waals surface area contributed by atoms with Crippen LogP contribution < -0.4 is 15.4 Å². The fraction of sp³-hybridized carbons (Fsp3) is 0.222. The Hall–Kier alpha value is -4.44. The summed E-state index contributed by atoms with van der Waals surface area (Å²) in [5, 5.41) is 6.08. The molecule has 1 unspecified atom stereocenters. The van der Waals surface area contributed by atoms with Gasteiger partial charge in [0, 0.05) is 43.4 Å². The van der Waals surface area contributed by atoms with Crippen LogP contribution in [-0.2, 0) is 35.2 Å². The summed E-state index contributed by atoms with van der Waals surface area (Å²) in [5.41, 5.74) is 1.49. The number of pyridine rings is 1. The Kier molecular flexibility index (Phi) is 8.22. The van der Waals surface area contributed by atoms with Crippen molar-refractivity contribution >= 4 is 40.9 Å². The molecule has 4 rings (SSSR count). The number of amides is 1. The number of benzene rings is 2. The van der Waals surface area contributed by atoms with E-state index in [9.17, 15) is 19.2 Å². The summed E-state index contributed by atoms with van der Waals surface area (Å²) in [5.74, 6) is -2.48. The molecule has 3 aromatic rings. The van der Waals surface area contributed by atoms with E-state index in [4.69, 9.17) is 25.8 Å². The van der Waals surface area contributed by atoms with E-state index < -0.39 is 41.9 Å². The Labute approximate surface area is 223 Å². The summed E-state index contributed by atoms with van der Waals surface area (Å²) >= 11 is 6.17. The molecule has 1 aliphatic rings. The standard InChI is InChI=1S/C27H24ClN3O7/c1-15(32)36-25(26(37-16(2)33)27(35)30-14-17-6-5-11-29-13-17)24(34)23-19-7-3-4-8-21(19)38-22-10-9-18(28)12-20(22)31-23/h3-13,23,25-26,31H,14H2,1-2H3,(H,30,35)/t23?,25-,26+/m1/s1. The van der Waals surface area contributed by atoms with Gasteiger partial charge in [0.2, 0.25) is 18.0 Å². The second-order valence-electron chi connectivity index (χ2n) is 8.40. The molecule has 38 heavy (non-hydrogen) atoms. The van der Waals surface area contributed by atoms with Crippen molar-refractivity contribution in [2.75, 3.05) is 5.32 Å². The highest BCUT2D eigenvalue weighted by Crippen LogP contribution is 2.42. The second kappa shape index (κ2) is 11.7. The topological polar surface area (TPSA) is 133 Å². The lowest BCUT2D eigenvalue weighted by Gasteiger charge is -2.28. The van der Waals surface area contributed by atoms with Gasteiger partial charge in [-0.1, -0.05) is 35.9 Å². The van der Waals surface area contributed by atoms with Gasteiger partial charge in [-0.05, 0) is 35.9 Å². The first-order chi connectivity index (χ1) is 18.2. The van der Waals surface area contributed by atoms with Gasteiger partial charge < -0.3 is 24.8 Å². The zero-order valence-electron chi connectivity index (χ0n) is 20.5. The molecule has 0 bridgehead atoms. The van der Waals surface area contributed by atoms with Crippen LogP contribution in [0.1, 0.15) is 31.0 Å². The number of rotatable bonds is 8. The molecule has 10 nitrogen and oxygen atoms in total. The number of carbonyl (C=O) groups excluding carboxylic acids is 4. The Morgan fingerprint density at radius 2 is 1.74 bits per heavy atom. The van der Waals surface area contributed by atoms with Crippen LogP contribution in [0.15, 0.2) is 67.0 Å². The summed E-state index contributed by atoms with van der Waals surface area (Å²) < 4.78 is 16.6. The predicted octanol–water partition coefficient (Wildman–Crippen LogP) is 3.74. The Morgan fingerprint density at radius 1 is 1.00 bits per heavy atom. The number of carbonyl (C=O) groups is 4. The zero-order chi connectivity index (χ0) is 27.2. The molecule has 2 aromatic carbocycles. The molecule has 1 aromatic heterocycles. The van der Waals surface area contributed by atoms with Gasteiger partial charge in [0.15, 0.2) is 5.75 Å². The van der Waals surface area contributed by atoms with Gasteiger partial charge in [0.25, 0.3) is 5.91 Å². The maximum Gasteiger partial charge on any atom is 0.303 e. The summed E-state index contributed by atoms with van der Waals surface area (Å²) in [6.07, 6.45) is -0.422. The van der Waals surface area contributed by atoms with E-state index in [1.807, 2.05) is 0 Å². The molecule has 2 N–H and O–H groups in total. The van der Waals surface area contributed by atoms with E-state index in [2.05, 4.69) is 15.6 Å². The number of nitrogens with one attached hydrogen (secondary N) is 2. The third kappa shape index (κ3) is 6.27. The molecule has 0 spiro atoms. The number of ether oxygens (including phenoxy) is 3. The van der Waals surface area contributed by atoms with Crippen LogP contribution in [0.3, 0.4) is 0 Å². The van der Waals surface area contributed by atoms with Crippen molar-refractivity contribution in [3.05, 3.63) is 83.1 Å². The van der Waals surface area contributed by atoms with Gasteiger partial charge in [-0.25, -0.2) is 0 Å². The number of halogens is 1. The largest absolute Gasteiger partial charge is 0.455 e. The average molecular weight is 538 g/mol. The van der Waals surface area contributed by atoms with Crippen LogP contribution in [0.5, 0.6) is 11.5 Å². The molecule has 1 amide bonds. The SMILES string of the molecule is CC(=O)O[C@H](C(=O)NCc1cccnc1)[C@H](OC(C)=O)C(=O)C1Nc2cc(Cl)ccc2Oc2ccccc21. The predicted molar refractivity (Wildman–Crippen MR) is 137 cm³/mol. The minimum atomic E-state index is -1.78. The fourth-order valence-corrected chi connectivity index (χ4v) is 4.10. The number of fused-ring (bicyclic) bond motifs is 2. The van der Waals surface area contributed by atoms with E-state index in [1.165, 1.54) is 0 Å². The van der Waals surface area contributed by atoms with Crippen molar-refractivity contribution in [2.45, 2.75) is 38.6 Å². The van der Waals surface area contributed by atoms with Crippen molar-refractivity contribution < 1.29 is 33.4 Å². The quantitative estimate of drug-likeness (QED) is 0.412. The molecule has 1 aliphatic heterocycles. The lowest BCUT2D eigenvalue weighted by molar-refractivity contribution is -0.174. The van der Waals surface area contributed by atoms with Gasteiger partial charge >= 0.3 is 11.9 Å². The highest BCUT2D eigenvalue weighted by molar-refractivity contribution is 6.31. The minimum Gasteiger partial charge on any atom is -0.455 e. The minimum absolute atomic E-state index is 0.0373. The number of anilines is 1. The van der Waals surface area contributed by atoms with E-state index in [0.717, 1.165) is 13.8 Å². The van der Waals surface area contributed by atoms with Crippen molar-refractivity contribution in [2.24, 2.45) is 0 Å². The van der Waals surface area contributed by atoms with Gasteiger partial charge in [-0.15, -0.1) is 0 Å². The first kappa shape index (κ1) is 26.6. The molecule has 0 saturated heterocycles. The molecule has 0 fully saturated rings. The van der Waals surface area contributed by atoms with Crippen LogP contribution in [0.2, 0.25) is 5.02 Å². The number of esters is 2. The van der Waals surface area contributed by atoms with Crippen molar-refractivity contribution in [3.8, 4) is 11.5 Å². The van der Waals surface area contributed by atoms with E-state index in [1.54, 1.807) is 67.0 Å². The molecular weight excluding hydrogens is 514 g/mol. The van der Waals surface area contributed by atoms with Crippen LogP contribution in [0.25, 0.3) is 0 Å². The molecule has 11 heteroatoms. The molecular formula is C27H24ClN3O7. The summed E-state index contributed by atoms with van der Waals surface area (Å²) in [4.78, 5) is 55.3.